The van der Waals surface area contributed by atoms with Crippen molar-refractivity contribution in [3.8, 4) is 0 Å². The molecule has 3 nitrogen and oxygen atoms in total. The molecule has 0 fully saturated rings. The summed E-state index contributed by atoms with van der Waals surface area (Å²) < 4.78 is 27.0. The van der Waals surface area contributed by atoms with Gasteiger partial charge in [0.25, 0.3) is 0 Å². The summed E-state index contributed by atoms with van der Waals surface area (Å²) in [4.78, 5) is -0.0312. The topological polar surface area (TPSA) is 58.6 Å². The SMILES string of the molecule is CCCSc1c(F)cc(C(N)=NO)cc1F. The largest absolute Gasteiger partial charge is 0.409 e. The molecule has 0 heterocycles. The molecule has 0 amide bonds. The van der Waals surface area contributed by atoms with E-state index < -0.39 is 11.6 Å². The van der Waals surface area contributed by atoms with Gasteiger partial charge in [-0.25, -0.2) is 8.78 Å². The van der Waals surface area contributed by atoms with E-state index >= 15 is 0 Å². The van der Waals surface area contributed by atoms with Gasteiger partial charge in [-0.2, -0.15) is 0 Å². The normalized spacial score (nSPS) is 11.8. The fraction of sp³-hybridized carbons (Fsp3) is 0.300. The van der Waals surface area contributed by atoms with Crippen molar-refractivity contribution >= 4 is 17.6 Å². The van der Waals surface area contributed by atoms with E-state index in [9.17, 15) is 8.78 Å². The van der Waals surface area contributed by atoms with Gasteiger partial charge in [-0.05, 0) is 24.3 Å². The molecule has 0 atom stereocenters. The lowest BCUT2D eigenvalue weighted by Gasteiger charge is -2.06. The first-order chi connectivity index (χ1) is 7.60. The molecule has 88 valence electrons. The average Bonchev–Trinajstić information content (AvgIpc) is 2.26. The summed E-state index contributed by atoms with van der Waals surface area (Å²) in [5.74, 6) is -1.07. The van der Waals surface area contributed by atoms with Crippen LogP contribution in [0.5, 0.6) is 0 Å². The van der Waals surface area contributed by atoms with Crippen LogP contribution in [0.3, 0.4) is 0 Å². The summed E-state index contributed by atoms with van der Waals surface area (Å²) in [5.41, 5.74) is 5.27. The Hall–Kier alpha value is -1.30. The first-order valence-corrected chi connectivity index (χ1v) is 5.68. The number of hydrogen-bond donors (Lipinski definition) is 2. The van der Waals surface area contributed by atoms with E-state index in [0.29, 0.717) is 5.75 Å². The van der Waals surface area contributed by atoms with E-state index in [0.717, 1.165) is 30.3 Å². The minimum Gasteiger partial charge on any atom is -0.409 e. The number of rotatable bonds is 4. The van der Waals surface area contributed by atoms with Gasteiger partial charge in [-0.3, -0.25) is 0 Å². The maximum atomic E-state index is 13.5. The maximum Gasteiger partial charge on any atom is 0.170 e. The lowest BCUT2D eigenvalue weighted by Crippen LogP contribution is -2.14. The molecule has 0 unspecified atom stereocenters. The van der Waals surface area contributed by atoms with E-state index in [2.05, 4.69) is 5.16 Å². The van der Waals surface area contributed by atoms with Crippen LogP contribution in [-0.4, -0.2) is 16.8 Å². The Kier molecular flexibility index (Phi) is 4.54. The third kappa shape index (κ3) is 2.85. The van der Waals surface area contributed by atoms with Crippen molar-refractivity contribution in [2.24, 2.45) is 10.9 Å². The second-order valence-electron chi connectivity index (χ2n) is 3.10. The molecule has 16 heavy (non-hydrogen) atoms. The quantitative estimate of drug-likeness (QED) is 0.282. The van der Waals surface area contributed by atoms with Gasteiger partial charge < -0.3 is 10.9 Å². The van der Waals surface area contributed by atoms with Crippen LogP contribution in [0.1, 0.15) is 18.9 Å². The highest BCUT2D eigenvalue weighted by molar-refractivity contribution is 7.99. The molecule has 0 bridgehead atoms. The Morgan fingerprint density at radius 3 is 2.44 bits per heavy atom. The third-order valence-corrected chi connectivity index (χ3v) is 3.14. The summed E-state index contributed by atoms with van der Waals surface area (Å²) in [6.07, 6.45) is 0.825. The van der Waals surface area contributed by atoms with Crippen LogP contribution in [-0.2, 0) is 0 Å². The van der Waals surface area contributed by atoms with Gasteiger partial charge in [0, 0.05) is 5.56 Å². The minimum atomic E-state index is -0.694. The highest BCUT2D eigenvalue weighted by Crippen LogP contribution is 2.26. The van der Waals surface area contributed by atoms with Gasteiger partial charge in [0.15, 0.2) is 5.84 Å². The lowest BCUT2D eigenvalue weighted by atomic mass is 10.2. The Morgan fingerprint density at radius 1 is 1.44 bits per heavy atom. The van der Waals surface area contributed by atoms with Crippen molar-refractivity contribution in [1.82, 2.24) is 0 Å². The van der Waals surface area contributed by atoms with Gasteiger partial charge in [-0.15, -0.1) is 11.8 Å². The maximum absolute atomic E-state index is 13.5. The number of amidine groups is 1. The summed E-state index contributed by atoms with van der Waals surface area (Å²) in [7, 11) is 0. The van der Waals surface area contributed by atoms with E-state index in [1.165, 1.54) is 0 Å². The zero-order valence-electron chi connectivity index (χ0n) is 8.70. The van der Waals surface area contributed by atoms with Crippen LogP contribution < -0.4 is 5.73 Å². The lowest BCUT2D eigenvalue weighted by molar-refractivity contribution is 0.318. The highest BCUT2D eigenvalue weighted by atomic mass is 32.2. The molecule has 0 radical (unpaired) electrons. The molecule has 0 aromatic heterocycles. The van der Waals surface area contributed by atoms with Gasteiger partial charge in [0.1, 0.15) is 11.6 Å². The number of halogens is 2. The van der Waals surface area contributed by atoms with Crippen LogP contribution in [0.2, 0.25) is 0 Å². The van der Waals surface area contributed by atoms with Crippen molar-refractivity contribution in [2.75, 3.05) is 5.75 Å². The van der Waals surface area contributed by atoms with E-state index in [4.69, 9.17) is 10.9 Å². The fourth-order valence-electron chi connectivity index (χ4n) is 1.11. The molecule has 0 spiro atoms. The molecule has 1 aromatic carbocycles. The molecule has 6 heteroatoms. The highest BCUT2D eigenvalue weighted by Gasteiger charge is 2.13. The van der Waals surface area contributed by atoms with Gasteiger partial charge >= 0.3 is 0 Å². The monoisotopic (exact) mass is 246 g/mol. The number of benzene rings is 1. The molecule has 0 saturated carbocycles. The van der Waals surface area contributed by atoms with E-state index in [-0.39, 0.29) is 16.3 Å². The Bertz CT molecular complexity index is 387. The van der Waals surface area contributed by atoms with Crippen molar-refractivity contribution in [2.45, 2.75) is 18.2 Å². The Labute approximate surface area is 96.3 Å². The molecular weight excluding hydrogens is 234 g/mol. The third-order valence-electron chi connectivity index (χ3n) is 1.85. The second kappa shape index (κ2) is 5.69. The summed E-state index contributed by atoms with van der Waals surface area (Å²) in [6, 6.07) is 2.10. The summed E-state index contributed by atoms with van der Waals surface area (Å²) >= 11 is 1.11. The van der Waals surface area contributed by atoms with E-state index in [1.807, 2.05) is 6.92 Å². The summed E-state index contributed by atoms with van der Waals surface area (Å²) in [6.45, 7) is 1.92. The smallest absolute Gasteiger partial charge is 0.170 e. The van der Waals surface area contributed by atoms with E-state index in [1.54, 1.807) is 0 Å². The molecule has 0 saturated heterocycles. The predicted molar refractivity (Wildman–Crippen MR) is 59.9 cm³/mol. The zero-order chi connectivity index (χ0) is 12.1. The number of oxime groups is 1. The van der Waals surface area contributed by atoms with Gasteiger partial charge in [0.05, 0.1) is 4.90 Å². The van der Waals surface area contributed by atoms with Crippen molar-refractivity contribution in [3.05, 3.63) is 29.3 Å². The molecule has 1 rings (SSSR count). The zero-order valence-corrected chi connectivity index (χ0v) is 9.52. The standard InChI is InChI=1S/C10H12F2N2OS/c1-2-3-16-9-7(11)4-6(5-8(9)12)10(13)14-15/h4-5,15H,2-3H2,1H3,(H2,13,14). The van der Waals surface area contributed by atoms with Crippen molar-refractivity contribution in [3.63, 3.8) is 0 Å². The molecule has 3 N–H and O–H groups in total. The molecule has 0 aliphatic heterocycles. The first-order valence-electron chi connectivity index (χ1n) is 4.69. The first kappa shape index (κ1) is 12.8. The summed E-state index contributed by atoms with van der Waals surface area (Å²) in [5, 5.41) is 11.1. The average molecular weight is 246 g/mol. The van der Waals surface area contributed by atoms with Gasteiger partial charge in [0.2, 0.25) is 0 Å². The van der Waals surface area contributed by atoms with Crippen LogP contribution in [0.15, 0.2) is 22.2 Å². The Balaban J connectivity index is 3.07. The van der Waals surface area contributed by atoms with Gasteiger partial charge in [-0.1, -0.05) is 12.1 Å². The van der Waals surface area contributed by atoms with Crippen LogP contribution in [0.25, 0.3) is 0 Å². The predicted octanol–water partition coefficient (Wildman–Crippen LogP) is 2.56. The number of nitrogens with zero attached hydrogens (tertiary/aromatic N) is 1. The van der Waals surface area contributed by atoms with Crippen LogP contribution in [0.4, 0.5) is 8.78 Å². The molecule has 0 aliphatic rings. The molecule has 0 aliphatic carbocycles. The number of hydrogen-bond acceptors (Lipinski definition) is 3. The second-order valence-corrected chi connectivity index (χ2v) is 4.21. The van der Waals surface area contributed by atoms with Crippen LogP contribution >= 0.6 is 11.8 Å². The minimum absolute atomic E-state index is 0.0262. The van der Waals surface area contributed by atoms with Crippen molar-refractivity contribution in [1.29, 1.82) is 0 Å². The van der Waals surface area contributed by atoms with Crippen molar-refractivity contribution < 1.29 is 14.0 Å². The fourth-order valence-corrected chi connectivity index (χ4v) is 1.91. The molecule has 1 aromatic rings. The molecular formula is C10H12F2N2OS. The Morgan fingerprint density at radius 2 is 2.00 bits per heavy atom. The number of thioether (sulfide) groups is 1. The van der Waals surface area contributed by atoms with Crippen LogP contribution in [0, 0.1) is 11.6 Å². The number of nitrogens with two attached hydrogens (primary N) is 1.